The van der Waals surface area contributed by atoms with Crippen LogP contribution in [0.25, 0.3) is 11.7 Å². The lowest BCUT2D eigenvalue weighted by Gasteiger charge is -2.11. The minimum Gasteiger partial charge on any atom is -0.367 e. The zero-order valence-corrected chi connectivity index (χ0v) is 16.1. The average Bonchev–Trinajstić information content (AvgIpc) is 3.37. The molecule has 3 N–H and O–H groups in total. The van der Waals surface area contributed by atoms with Gasteiger partial charge in [0, 0.05) is 29.4 Å². The molecule has 2 aliphatic rings. The molecule has 1 saturated heterocycles. The summed E-state index contributed by atoms with van der Waals surface area (Å²) in [5, 5.41) is 12.5. The van der Waals surface area contributed by atoms with Gasteiger partial charge in [0.25, 0.3) is 11.8 Å². The molecule has 1 saturated carbocycles. The third-order valence-corrected chi connectivity index (χ3v) is 4.91. The molecule has 0 unspecified atom stereocenters. The molecule has 156 valence electrons. The highest BCUT2D eigenvalue weighted by molar-refractivity contribution is 6.15. The summed E-state index contributed by atoms with van der Waals surface area (Å²) < 4.78 is 15.5. The van der Waals surface area contributed by atoms with Crippen LogP contribution in [0.5, 0.6) is 0 Å². The topological polar surface area (TPSA) is 130 Å². The molecule has 0 bridgehead atoms. The molecule has 0 spiro atoms. The lowest BCUT2D eigenvalue weighted by atomic mass is 10.1. The minimum absolute atomic E-state index is 0.0267. The predicted octanol–water partition coefficient (Wildman–Crippen LogP) is 1.52. The van der Waals surface area contributed by atoms with Gasteiger partial charge in [0.05, 0.1) is 24.4 Å². The number of anilines is 2. The molecule has 4 heterocycles. The van der Waals surface area contributed by atoms with Crippen LogP contribution in [0.4, 0.5) is 16.0 Å². The minimum atomic E-state index is -0.746. The average molecular weight is 421 g/mol. The number of fused-ring (bicyclic) bond motifs is 1. The van der Waals surface area contributed by atoms with Gasteiger partial charge in [0.1, 0.15) is 11.6 Å². The van der Waals surface area contributed by atoms with Crippen LogP contribution in [0.1, 0.15) is 35.2 Å². The van der Waals surface area contributed by atoms with Gasteiger partial charge in [0.15, 0.2) is 11.5 Å². The van der Waals surface area contributed by atoms with E-state index in [-0.39, 0.29) is 29.8 Å². The van der Waals surface area contributed by atoms with Crippen molar-refractivity contribution in [2.45, 2.75) is 25.3 Å². The molecule has 0 aromatic carbocycles. The monoisotopic (exact) mass is 421 g/mol. The van der Waals surface area contributed by atoms with Gasteiger partial charge in [-0.25, -0.2) is 9.37 Å². The SMILES string of the molecule is O=C1C/C(=C\c2cnn3c(NC4CC4)cc(NC(=O)c4ccncc4F)nc23)C(=O)N1. The van der Waals surface area contributed by atoms with Crippen molar-refractivity contribution in [3.05, 3.63) is 53.2 Å². The van der Waals surface area contributed by atoms with E-state index in [2.05, 4.69) is 31.0 Å². The molecule has 1 aliphatic carbocycles. The van der Waals surface area contributed by atoms with E-state index < -0.39 is 17.6 Å². The van der Waals surface area contributed by atoms with Crippen LogP contribution in [0.2, 0.25) is 0 Å². The van der Waals surface area contributed by atoms with Gasteiger partial charge < -0.3 is 10.6 Å². The maximum Gasteiger partial charge on any atom is 0.259 e. The molecule has 3 aromatic rings. The van der Waals surface area contributed by atoms with Crippen molar-refractivity contribution in [2.75, 3.05) is 10.6 Å². The number of amides is 3. The number of pyridine rings is 1. The number of hydrogen-bond donors (Lipinski definition) is 3. The van der Waals surface area contributed by atoms with Crippen molar-refractivity contribution in [2.24, 2.45) is 0 Å². The molecule has 31 heavy (non-hydrogen) atoms. The fourth-order valence-electron chi connectivity index (χ4n) is 3.24. The summed E-state index contributed by atoms with van der Waals surface area (Å²) in [6.45, 7) is 0. The number of nitrogens with one attached hydrogen (secondary N) is 3. The summed E-state index contributed by atoms with van der Waals surface area (Å²) in [7, 11) is 0. The Morgan fingerprint density at radius 1 is 1.29 bits per heavy atom. The fraction of sp³-hybridized carbons (Fsp3) is 0.200. The second-order valence-electron chi connectivity index (χ2n) is 7.31. The van der Waals surface area contributed by atoms with Crippen LogP contribution >= 0.6 is 0 Å². The summed E-state index contributed by atoms with van der Waals surface area (Å²) in [5.41, 5.74) is 1.01. The second kappa shape index (κ2) is 7.27. The number of imide groups is 1. The van der Waals surface area contributed by atoms with E-state index in [9.17, 15) is 18.8 Å². The maximum atomic E-state index is 13.9. The number of carbonyl (C=O) groups is 3. The number of rotatable bonds is 5. The first-order valence-electron chi connectivity index (χ1n) is 9.59. The van der Waals surface area contributed by atoms with Gasteiger partial charge in [-0.3, -0.25) is 24.7 Å². The summed E-state index contributed by atoms with van der Waals surface area (Å²) >= 11 is 0. The molecular weight excluding hydrogens is 405 g/mol. The third kappa shape index (κ3) is 3.72. The molecule has 5 rings (SSSR count). The van der Waals surface area contributed by atoms with Gasteiger partial charge in [-0.05, 0) is 25.0 Å². The van der Waals surface area contributed by atoms with Crippen LogP contribution in [-0.4, -0.2) is 43.3 Å². The van der Waals surface area contributed by atoms with Crippen LogP contribution < -0.4 is 16.0 Å². The van der Waals surface area contributed by atoms with Crippen LogP contribution in [0.15, 0.2) is 36.3 Å². The predicted molar refractivity (Wildman–Crippen MR) is 108 cm³/mol. The van der Waals surface area contributed by atoms with E-state index in [1.165, 1.54) is 18.5 Å². The molecule has 0 radical (unpaired) electrons. The lowest BCUT2D eigenvalue weighted by molar-refractivity contribution is -0.124. The molecule has 1 aliphatic heterocycles. The van der Waals surface area contributed by atoms with E-state index in [1.54, 1.807) is 16.7 Å². The summed E-state index contributed by atoms with van der Waals surface area (Å²) in [4.78, 5) is 44.0. The highest BCUT2D eigenvalue weighted by Gasteiger charge is 2.26. The number of halogens is 1. The molecule has 3 amide bonds. The van der Waals surface area contributed by atoms with Crippen LogP contribution in [0, 0.1) is 5.82 Å². The van der Waals surface area contributed by atoms with Gasteiger partial charge >= 0.3 is 0 Å². The van der Waals surface area contributed by atoms with Gasteiger partial charge in [-0.2, -0.15) is 9.61 Å². The summed E-state index contributed by atoms with van der Waals surface area (Å²) in [6.07, 6.45) is 7.34. The van der Waals surface area contributed by atoms with Crippen molar-refractivity contribution >= 4 is 41.1 Å². The zero-order chi connectivity index (χ0) is 21.5. The summed E-state index contributed by atoms with van der Waals surface area (Å²) in [5.74, 6) is -1.47. The number of carbonyl (C=O) groups excluding carboxylic acids is 3. The Morgan fingerprint density at radius 3 is 2.84 bits per heavy atom. The Balaban J connectivity index is 1.54. The van der Waals surface area contributed by atoms with Gasteiger partial charge in [-0.15, -0.1) is 0 Å². The normalized spacial score (nSPS) is 17.3. The largest absolute Gasteiger partial charge is 0.367 e. The first kappa shape index (κ1) is 18.9. The highest BCUT2D eigenvalue weighted by Crippen LogP contribution is 2.28. The highest BCUT2D eigenvalue weighted by atomic mass is 19.1. The number of aromatic nitrogens is 4. The van der Waals surface area contributed by atoms with Crippen LogP contribution in [0.3, 0.4) is 0 Å². The van der Waals surface area contributed by atoms with Gasteiger partial charge in [-0.1, -0.05) is 0 Å². The van der Waals surface area contributed by atoms with Crippen molar-refractivity contribution in [3.8, 4) is 0 Å². The van der Waals surface area contributed by atoms with Crippen molar-refractivity contribution in [1.29, 1.82) is 0 Å². The van der Waals surface area contributed by atoms with Crippen molar-refractivity contribution < 1.29 is 18.8 Å². The Hall–Kier alpha value is -4.15. The standard InChI is InChI=1S/C20H16FN7O3/c21-14-9-22-4-3-13(14)20(31)26-15-7-16(24-12-1-2-12)28-18(25-15)11(8-23-28)5-10-6-17(29)27-19(10)30/h3-5,7-9,12,24H,1-2,6H2,(H,25,26,31)(H,27,29,30)/b10-5+. The van der Waals surface area contributed by atoms with E-state index >= 15 is 0 Å². The van der Waals surface area contributed by atoms with Crippen molar-refractivity contribution in [1.82, 2.24) is 24.9 Å². The Labute approximate surface area is 174 Å². The molecular formula is C20H16FN7O3. The Morgan fingerprint density at radius 2 is 2.13 bits per heavy atom. The Kier molecular flexibility index (Phi) is 4.42. The lowest BCUT2D eigenvalue weighted by Crippen LogP contribution is -2.19. The first-order valence-corrected chi connectivity index (χ1v) is 9.59. The fourth-order valence-corrected chi connectivity index (χ4v) is 3.24. The van der Waals surface area contributed by atoms with E-state index in [1.807, 2.05) is 0 Å². The second-order valence-corrected chi connectivity index (χ2v) is 7.31. The van der Waals surface area contributed by atoms with E-state index in [0.717, 1.165) is 19.0 Å². The van der Waals surface area contributed by atoms with Crippen LogP contribution in [-0.2, 0) is 9.59 Å². The zero-order valence-electron chi connectivity index (χ0n) is 16.1. The molecule has 3 aromatic heterocycles. The van der Waals surface area contributed by atoms with E-state index in [4.69, 9.17) is 0 Å². The van der Waals surface area contributed by atoms with E-state index in [0.29, 0.717) is 22.6 Å². The molecule has 0 atom stereocenters. The van der Waals surface area contributed by atoms with Gasteiger partial charge in [0.2, 0.25) is 5.91 Å². The first-order chi connectivity index (χ1) is 15.0. The molecule has 2 fully saturated rings. The third-order valence-electron chi connectivity index (χ3n) is 4.91. The van der Waals surface area contributed by atoms with Crippen molar-refractivity contribution in [3.63, 3.8) is 0 Å². The quantitative estimate of drug-likeness (QED) is 0.421. The number of hydrogen-bond acceptors (Lipinski definition) is 7. The molecule has 10 nitrogen and oxygen atoms in total. The Bertz CT molecular complexity index is 1280. The number of nitrogens with zero attached hydrogens (tertiary/aromatic N) is 4. The molecule has 11 heteroatoms. The maximum absolute atomic E-state index is 13.9. The smallest absolute Gasteiger partial charge is 0.259 e. The summed E-state index contributed by atoms with van der Waals surface area (Å²) in [6, 6.07) is 3.17.